The average Bonchev–Trinajstić information content (AvgIpc) is 3.22. The van der Waals surface area contributed by atoms with E-state index in [0.29, 0.717) is 18.3 Å². The smallest absolute Gasteiger partial charge is 0.221 e. The number of rotatable bonds is 7. The number of hydrogen-bond acceptors (Lipinski definition) is 6. The number of hydrazine groups is 1. The van der Waals surface area contributed by atoms with Crippen LogP contribution in [0, 0.1) is 0 Å². The SMILES string of the molecule is CCc1c(NN)ncnc1OCCN(C)C1CC1. The summed E-state index contributed by atoms with van der Waals surface area (Å²) in [7, 11) is 2.13. The van der Waals surface area contributed by atoms with Crippen LogP contribution in [0.15, 0.2) is 6.33 Å². The molecule has 1 saturated carbocycles. The van der Waals surface area contributed by atoms with Crippen molar-refractivity contribution in [3.63, 3.8) is 0 Å². The topological polar surface area (TPSA) is 76.3 Å². The van der Waals surface area contributed by atoms with Crippen molar-refractivity contribution in [2.75, 3.05) is 25.6 Å². The van der Waals surface area contributed by atoms with Gasteiger partial charge in [0.2, 0.25) is 5.88 Å². The Bertz CT molecular complexity index is 394. The molecule has 6 nitrogen and oxygen atoms in total. The number of likely N-dealkylation sites (N-methyl/N-ethyl adjacent to an activating group) is 1. The Morgan fingerprint density at radius 3 is 2.89 bits per heavy atom. The zero-order chi connectivity index (χ0) is 13.0. The fourth-order valence-electron chi connectivity index (χ4n) is 1.95. The van der Waals surface area contributed by atoms with Crippen molar-refractivity contribution in [1.29, 1.82) is 0 Å². The summed E-state index contributed by atoms with van der Waals surface area (Å²) in [5.41, 5.74) is 3.50. The number of hydrogen-bond donors (Lipinski definition) is 2. The molecule has 1 heterocycles. The largest absolute Gasteiger partial charge is 0.476 e. The number of anilines is 1. The Morgan fingerprint density at radius 2 is 2.28 bits per heavy atom. The second-order valence-corrected chi connectivity index (χ2v) is 4.56. The standard InChI is InChI=1S/C12H21N5O/c1-3-10-11(16-13)14-8-15-12(10)18-7-6-17(2)9-4-5-9/h8-9H,3-7,13H2,1-2H3,(H,14,15,16). The molecular formula is C12H21N5O. The molecule has 3 N–H and O–H groups in total. The number of nitrogens with one attached hydrogen (secondary N) is 1. The molecule has 0 aromatic carbocycles. The van der Waals surface area contributed by atoms with Crippen LogP contribution in [-0.4, -0.2) is 41.1 Å². The van der Waals surface area contributed by atoms with E-state index in [1.54, 1.807) is 0 Å². The Kier molecular flexibility index (Phi) is 4.33. The fraction of sp³-hybridized carbons (Fsp3) is 0.667. The Balaban J connectivity index is 1.91. The van der Waals surface area contributed by atoms with E-state index in [2.05, 4.69) is 27.3 Å². The first-order chi connectivity index (χ1) is 8.76. The lowest BCUT2D eigenvalue weighted by molar-refractivity contribution is 0.225. The van der Waals surface area contributed by atoms with Gasteiger partial charge in [0.15, 0.2) is 0 Å². The summed E-state index contributed by atoms with van der Waals surface area (Å²) >= 11 is 0. The Morgan fingerprint density at radius 1 is 1.50 bits per heavy atom. The lowest BCUT2D eigenvalue weighted by Gasteiger charge is -2.17. The van der Waals surface area contributed by atoms with Gasteiger partial charge in [0.1, 0.15) is 18.8 Å². The van der Waals surface area contributed by atoms with Gasteiger partial charge >= 0.3 is 0 Å². The average molecular weight is 251 g/mol. The van der Waals surface area contributed by atoms with Crippen molar-refractivity contribution < 1.29 is 4.74 Å². The van der Waals surface area contributed by atoms with Crippen molar-refractivity contribution in [3.05, 3.63) is 11.9 Å². The van der Waals surface area contributed by atoms with Gasteiger partial charge in [0.25, 0.3) is 0 Å². The monoisotopic (exact) mass is 251 g/mol. The molecule has 1 fully saturated rings. The van der Waals surface area contributed by atoms with Crippen LogP contribution in [0.5, 0.6) is 5.88 Å². The summed E-state index contributed by atoms with van der Waals surface area (Å²) < 4.78 is 5.73. The highest BCUT2D eigenvalue weighted by molar-refractivity contribution is 5.47. The third-order valence-electron chi connectivity index (χ3n) is 3.25. The van der Waals surface area contributed by atoms with E-state index < -0.39 is 0 Å². The molecule has 1 aliphatic carbocycles. The highest BCUT2D eigenvalue weighted by atomic mass is 16.5. The molecule has 0 spiro atoms. The molecular weight excluding hydrogens is 230 g/mol. The van der Waals surface area contributed by atoms with E-state index in [-0.39, 0.29) is 0 Å². The molecule has 0 unspecified atom stereocenters. The van der Waals surface area contributed by atoms with E-state index in [4.69, 9.17) is 10.6 Å². The lowest BCUT2D eigenvalue weighted by atomic mass is 10.2. The summed E-state index contributed by atoms with van der Waals surface area (Å²) in [6, 6.07) is 0.755. The second kappa shape index (κ2) is 5.97. The first kappa shape index (κ1) is 13.0. The van der Waals surface area contributed by atoms with Gasteiger partial charge in [0, 0.05) is 12.6 Å². The zero-order valence-corrected chi connectivity index (χ0v) is 11.0. The van der Waals surface area contributed by atoms with Gasteiger partial charge in [-0.05, 0) is 26.3 Å². The molecule has 0 radical (unpaired) electrons. The van der Waals surface area contributed by atoms with Crippen molar-refractivity contribution in [2.45, 2.75) is 32.2 Å². The maximum atomic E-state index is 5.73. The van der Waals surface area contributed by atoms with E-state index in [0.717, 1.165) is 24.6 Å². The van der Waals surface area contributed by atoms with Gasteiger partial charge in [-0.3, -0.25) is 0 Å². The van der Waals surface area contributed by atoms with Crippen LogP contribution >= 0.6 is 0 Å². The van der Waals surface area contributed by atoms with Crippen molar-refractivity contribution >= 4 is 5.82 Å². The summed E-state index contributed by atoms with van der Waals surface area (Å²) in [5, 5.41) is 0. The molecule has 100 valence electrons. The molecule has 2 rings (SSSR count). The van der Waals surface area contributed by atoms with Crippen molar-refractivity contribution in [1.82, 2.24) is 14.9 Å². The minimum absolute atomic E-state index is 0.629. The van der Waals surface area contributed by atoms with Gasteiger partial charge < -0.3 is 15.1 Å². The molecule has 0 atom stereocenters. The molecule has 1 aromatic rings. The minimum Gasteiger partial charge on any atom is -0.476 e. The third kappa shape index (κ3) is 3.08. The number of aromatic nitrogens is 2. The van der Waals surface area contributed by atoms with Crippen LogP contribution in [0.25, 0.3) is 0 Å². The van der Waals surface area contributed by atoms with Gasteiger partial charge in [-0.25, -0.2) is 15.8 Å². The lowest BCUT2D eigenvalue weighted by Crippen LogP contribution is -2.26. The van der Waals surface area contributed by atoms with E-state index in [1.165, 1.54) is 19.2 Å². The highest BCUT2D eigenvalue weighted by Crippen LogP contribution is 2.25. The van der Waals surface area contributed by atoms with Crippen molar-refractivity contribution in [2.24, 2.45) is 5.84 Å². The number of ether oxygens (including phenoxy) is 1. The van der Waals surface area contributed by atoms with Gasteiger partial charge in [0.05, 0.1) is 5.56 Å². The van der Waals surface area contributed by atoms with Gasteiger partial charge in [-0.1, -0.05) is 6.92 Å². The number of nitrogens with zero attached hydrogens (tertiary/aromatic N) is 3. The summed E-state index contributed by atoms with van der Waals surface area (Å²) in [6.45, 7) is 3.59. The predicted octanol–water partition coefficient (Wildman–Crippen LogP) is 0.798. The van der Waals surface area contributed by atoms with E-state index >= 15 is 0 Å². The maximum Gasteiger partial charge on any atom is 0.221 e. The third-order valence-corrected chi connectivity index (χ3v) is 3.25. The Labute approximate surface area is 108 Å². The van der Waals surface area contributed by atoms with Crippen LogP contribution in [0.1, 0.15) is 25.3 Å². The highest BCUT2D eigenvalue weighted by Gasteiger charge is 2.25. The first-order valence-corrected chi connectivity index (χ1v) is 6.39. The normalized spacial score (nSPS) is 14.9. The minimum atomic E-state index is 0.629. The van der Waals surface area contributed by atoms with Crippen LogP contribution < -0.4 is 16.0 Å². The fourth-order valence-corrected chi connectivity index (χ4v) is 1.95. The Hall–Kier alpha value is -1.40. The number of nitrogen functional groups attached to an aromatic ring is 1. The van der Waals surface area contributed by atoms with Crippen LogP contribution in [0.3, 0.4) is 0 Å². The molecule has 0 aliphatic heterocycles. The first-order valence-electron chi connectivity index (χ1n) is 6.39. The van der Waals surface area contributed by atoms with Gasteiger partial charge in [-0.15, -0.1) is 0 Å². The summed E-state index contributed by atoms with van der Waals surface area (Å²) in [6.07, 6.45) is 4.87. The maximum absolute atomic E-state index is 5.73. The zero-order valence-electron chi connectivity index (χ0n) is 11.0. The molecule has 1 aromatic heterocycles. The van der Waals surface area contributed by atoms with E-state index in [9.17, 15) is 0 Å². The van der Waals surface area contributed by atoms with Crippen LogP contribution in [0.2, 0.25) is 0 Å². The van der Waals surface area contributed by atoms with Crippen molar-refractivity contribution in [3.8, 4) is 5.88 Å². The van der Waals surface area contributed by atoms with Gasteiger partial charge in [-0.2, -0.15) is 0 Å². The number of nitrogens with two attached hydrogens (primary N) is 1. The molecule has 18 heavy (non-hydrogen) atoms. The molecule has 0 bridgehead atoms. The summed E-state index contributed by atoms with van der Waals surface area (Å²) in [4.78, 5) is 10.6. The predicted molar refractivity (Wildman–Crippen MR) is 70.4 cm³/mol. The van der Waals surface area contributed by atoms with Crippen LogP contribution in [-0.2, 0) is 6.42 Å². The summed E-state index contributed by atoms with van der Waals surface area (Å²) in [5.74, 6) is 6.68. The van der Waals surface area contributed by atoms with Crippen LogP contribution in [0.4, 0.5) is 5.82 Å². The van der Waals surface area contributed by atoms with E-state index in [1.807, 2.05) is 6.92 Å². The molecule has 0 amide bonds. The molecule has 0 saturated heterocycles. The molecule has 6 heteroatoms. The quantitative estimate of drug-likeness (QED) is 0.551. The molecule has 1 aliphatic rings. The second-order valence-electron chi connectivity index (χ2n) is 4.56.